The van der Waals surface area contributed by atoms with E-state index in [2.05, 4.69) is 6.92 Å². The molecule has 0 nitrogen and oxygen atoms in total. The minimum absolute atomic E-state index is 0.641. The van der Waals surface area contributed by atoms with Crippen LogP contribution in [-0.2, 0) is 6.42 Å². The van der Waals surface area contributed by atoms with Gasteiger partial charge in [0.15, 0.2) is 11.6 Å². The second-order valence-corrected chi connectivity index (χ2v) is 10.4. The Hall–Kier alpha value is -0.920. The highest BCUT2D eigenvalue weighted by Gasteiger charge is 2.27. The fraction of sp³-hybridized carbons (Fsp3) is 0.786. The van der Waals surface area contributed by atoms with Crippen LogP contribution in [0, 0.1) is 35.3 Å². The maximum atomic E-state index is 13.7. The van der Waals surface area contributed by atoms with Crippen molar-refractivity contribution in [1.82, 2.24) is 0 Å². The van der Waals surface area contributed by atoms with Gasteiger partial charge in [-0.2, -0.15) is 0 Å². The summed E-state index contributed by atoms with van der Waals surface area (Å²) in [5, 5.41) is 0. The zero-order valence-corrected chi connectivity index (χ0v) is 19.3. The number of benzene rings is 1. The lowest BCUT2D eigenvalue weighted by molar-refractivity contribution is 0.196. The highest BCUT2D eigenvalue weighted by molar-refractivity contribution is 5.18. The molecule has 1 unspecified atom stereocenters. The van der Waals surface area contributed by atoms with Gasteiger partial charge in [-0.3, -0.25) is 0 Å². The number of hydrogen-bond donors (Lipinski definition) is 0. The van der Waals surface area contributed by atoms with Crippen LogP contribution in [0.15, 0.2) is 18.2 Å². The predicted molar refractivity (Wildman–Crippen MR) is 124 cm³/mol. The van der Waals surface area contributed by atoms with Gasteiger partial charge in [0.25, 0.3) is 0 Å². The van der Waals surface area contributed by atoms with Crippen LogP contribution in [0.4, 0.5) is 8.78 Å². The molecule has 1 atom stereocenters. The van der Waals surface area contributed by atoms with Crippen molar-refractivity contribution in [3.8, 4) is 0 Å². The Kier molecular flexibility index (Phi) is 10.1. The topological polar surface area (TPSA) is 0 Å². The second-order valence-electron chi connectivity index (χ2n) is 10.4. The molecule has 2 heteroatoms. The Bertz CT molecular complexity index is 597. The molecule has 2 aliphatic carbocycles. The zero-order valence-electron chi connectivity index (χ0n) is 19.3. The SMILES string of the molecule is CCCCCCC1CCC(CCC(Cc2ccc(F)c(F)c2)C2CCCCC2)CC1. The average molecular weight is 419 g/mol. The average Bonchev–Trinajstić information content (AvgIpc) is 2.78. The van der Waals surface area contributed by atoms with Crippen LogP contribution in [0.1, 0.15) is 115 Å². The smallest absolute Gasteiger partial charge is 0.159 e. The Morgan fingerprint density at radius 1 is 0.800 bits per heavy atom. The molecule has 0 heterocycles. The third-order valence-electron chi connectivity index (χ3n) is 8.18. The van der Waals surface area contributed by atoms with E-state index in [0.717, 1.165) is 29.7 Å². The normalized spacial score (nSPS) is 24.1. The fourth-order valence-corrected chi connectivity index (χ4v) is 6.20. The third kappa shape index (κ3) is 7.65. The highest BCUT2D eigenvalue weighted by Crippen LogP contribution is 2.39. The molecular weight excluding hydrogens is 374 g/mol. The first-order valence-electron chi connectivity index (χ1n) is 13.1. The van der Waals surface area contributed by atoms with Crippen molar-refractivity contribution < 1.29 is 8.78 Å². The standard InChI is InChI=1S/C28H44F2/c1-2-3-4-6-9-22-12-14-23(15-13-22)16-18-26(25-10-7-5-8-11-25)20-24-17-19-27(29)28(30)21-24/h17,19,21-23,25-26H,2-16,18,20H2,1H3. The van der Waals surface area contributed by atoms with Crippen LogP contribution in [-0.4, -0.2) is 0 Å². The van der Waals surface area contributed by atoms with Crippen molar-refractivity contribution in [3.63, 3.8) is 0 Å². The van der Waals surface area contributed by atoms with Crippen molar-refractivity contribution in [2.24, 2.45) is 23.7 Å². The van der Waals surface area contributed by atoms with Crippen molar-refractivity contribution in [1.29, 1.82) is 0 Å². The van der Waals surface area contributed by atoms with Gasteiger partial charge in [0.1, 0.15) is 0 Å². The summed E-state index contributed by atoms with van der Waals surface area (Å²) in [5.74, 6) is 1.89. The lowest BCUT2D eigenvalue weighted by atomic mass is 9.72. The van der Waals surface area contributed by atoms with Gasteiger partial charge >= 0.3 is 0 Å². The molecule has 2 aliphatic rings. The minimum Gasteiger partial charge on any atom is -0.204 e. The maximum absolute atomic E-state index is 13.7. The predicted octanol–water partition coefficient (Wildman–Crippen LogP) is 9.26. The van der Waals surface area contributed by atoms with E-state index in [1.165, 1.54) is 115 Å². The largest absolute Gasteiger partial charge is 0.204 e. The first-order chi connectivity index (χ1) is 14.7. The minimum atomic E-state index is -0.723. The van der Waals surface area contributed by atoms with E-state index < -0.39 is 11.6 Å². The highest BCUT2D eigenvalue weighted by atomic mass is 19.2. The molecule has 0 spiro atoms. The molecular formula is C28H44F2. The molecule has 30 heavy (non-hydrogen) atoms. The monoisotopic (exact) mass is 418 g/mol. The van der Waals surface area contributed by atoms with Gasteiger partial charge in [-0.1, -0.05) is 109 Å². The lowest BCUT2D eigenvalue weighted by Crippen LogP contribution is -2.22. The van der Waals surface area contributed by atoms with Crippen molar-refractivity contribution >= 4 is 0 Å². The summed E-state index contributed by atoms with van der Waals surface area (Å²) in [7, 11) is 0. The van der Waals surface area contributed by atoms with E-state index >= 15 is 0 Å². The molecule has 1 aromatic rings. The van der Waals surface area contributed by atoms with Gasteiger partial charge in [0.2, 0.25) is 0 Å². The van der Waals surface area contributed by atoms with E-state index in [0.29, 0.717) is 5.92 Å². The molecule has 1 aromatic carbocycles. The van der Waals surface area contributed by atoms with E-state index in [-0.39, 0.29) is 0 Å². The number of halogens is 2. The molecule has 0 aliphatic heterocycles. The number of rotatable bonds is 11. The van der Waals surface area contributed by atoms with E-state index in [9.17, 15) is 8.78 Å². The summed E-state index contributed by atoms with van der Waals surface area (Å²) in [6.45, 7) is 2.29. The Morgan fingerprint density at radius 2 is 1.50 bits per heavy atom. The summed E-state index contributed by atoms with van der Waals surface area (Å²) in [6.07, 6.45) is 23.0. The van der Waals surface area contributed by atoms with Crippen LogP contribution < -0.4 is 0 Å². The lowest BCUT2D eigenvalue weighted by Gasteiger charge is -2.33. The Balaban J connectivity index is 1.47. The van der Waals surface area contributed by atoms with Gasteiger partial charge in [-0.05, 0) is 54.2 Å². The van der Waals surface area contributed by atoms with E-state index in [1.807, 2.05) is 0 Å². The van der Waals surface area contributed by atoms with E-state index in [1.54, 1.807) is 6.07 Å². The van der Waals surface area contributed by atoms with Crippen LogP contribution in [0.3, 0.4) is 0 Å². The quantitative estimate of drug-likeness (QED) is 0.314. The molecule has 170 valence electrons. The van der Waals surface area contributed by atoms with Gasteiger partial charge in [0, 0.05) is 0 Å². The fourth-order valence-electron chi connectivity index (χ4n) is 6.20. The second kappa shape index (κ2) is 12.8. The van der Waals surface area contributed by atoms with Gasteiger partial charge in [0.05, 0.1) is 0 Å². The molecule has 2 fully saturated rings. The summed E-state index contributed by atoms with van der Waals surface area (Å²) in [6, 6.07) is 4.55. The Labute approximate surface area is 184 Å². The van der Waals surface area contributed by atoms with Gasteiger partial charge in [-0.25, -0.2) is 8.78 Å². The van der Waals surface area contributed by atoms with Crippen LogP contribution in [0.25, 0.3) is 0 Å². The summed E-state index contributed by atoms with van der Waals surface area (Å²) < 4.78 is 27.1. The Morgan fingerprint density at radius 3 is 2.17 bits per heavy atom. The van der Waals surface area contributed by atoms with Crippen LogP contribution in [0.5, 0.6) is 0 Å². The van der Waals surface area contributed by atoms with Crippen molar-refractivity contribution in [2.75, 3.05) is 0 Å². The van der Waals surface area contributed by atoms with Gasteiger partial charge in [-0.15, -0.1) is 0 Å². The van der Waals surface area contributed by atoms with Crippen molar-refractivity contribution in [2.45, 2.75) is 116 Å². The summed E-state index contributed by atoms with van der Waals surface area (Å²) >= 11 is 0. The maximum Gasteiger partial charge on any atom is 0.159 e. The third-order valence-corrected chi connectivity index (χ3v) is 8.18. The molecule has 0 radical (unpaired) electrons. The molecule has 0 N–H and O–H groups in total. The molecule has 0 aromatic heterocycles. The zero-order chi connectivity index (χ0) is 21.2. The van der Waals surface area contributed by atoms with Crippen molar-refractivity contribution in [3.05, 3.63) is 35.4 Å². The molecule has 0 saturated heterocycles. The van der Waals surface area contributed by atoms with E-state index in [4.69, 9.17) is 0 Å². The van der Waals surface area contributed by atoms with Crippen LogP contribution >= 0.6 is 0 Å². The molecule has 3 rings (SSSR count). The molecule has 0 amide bonds. The molecule has 0 bridgehead atoms. The van der Waals surface area contributed by atoms with Gasteiger partial charge < -0.3 is 0 Å². The number of hydrogen-bond acceptors (Lipinski definition) is 0. The first-order valence-corrected chi connectivity index (χ1v) is 13.1. The number of unbranched alkanes of at least 4 members (excludes halogenated alkanes) is 3. The summed E-state index contributed by atoms with van der Waals surface area (Å²) in [4.78, 5) is 0. The molecule has 2 saturated carbocycles. The first kappa shape index (κ1) is 23.7. The van der Waals surface area contributed by atoms with Crippen LogP contribution in [0.2, 0.25) is 0 Å². The summed E-state index contributed by atoms with van der Waals surface area (Å²) in [5.41, 5.74) is 0.986.